The maximum absolute atomic E-state index is 12.3. The van der Waals surface area contributed by atoms with Gasteiger partial charge in [-0.25, -0.2) is 4.79 Å². The zero-order chi connectivity index (χ0) is 18.8. The smallest absolute Gasteiger partial charge is 0.316 e. The molecule has 1 N–H and O–H groups in total. The van der Waals surface area contributed by atoms with Crippen LogP contribution in [0.5, 0.6) is 0 Å². The third-order valence-corrected chi connectivity index (χ3v) is 4.13. The molecule has 1 aromatic heterocycles. The topological polar surface area (TPSA) is 45.2 Å². The van der Waals surface area contributed by atoms with Crippen molar-refractivity contribution in [3.63, 3.8) is 0 Å². The molecular formula is C21H31N3O. The number of hydrogen-bond donors (Lipinski definition) is 1. The fourth-order valence-corrected chi connectivity index (χ4v) is 2.61. The number of rotatable bonds is 6. The van der Waals surface area contributed by atoms with E-state index in [1.807, 2.05) is 38.3 Å². The van der Waals surface area contributed by atoms with Gasteiger partial charge in [0.05, 0.1) is 0 Å². The molecule has 0 bridgehead atoms. The average molecular weight is 341 g/mol. The summed E-state index contributed by atoms with van der Waals surface area (Å²) in [6.07, 6.45) is 9.57. The zero-order valence-electron chi connectivity index (χ0n) is 16.0. The van der Waals surface area contributed by atoms with E-state index in [-0.39, 0.29) is 6.03 Å². The van der Waals surface area contributed by atoms with Crippen LogP contribution in [0.2, 0.25) is 0 Å². The number of amides is 2. The van der Waals surface area contributed by atoms with Gasteiger partial charge < -0.3 is 10.2 Å². The maximum Gasteiger partial charge on any atom is 0.322 e. The molecule has 1 unspecified atom stereocenters. The number of urea groups is 1. The molecule has 4 nitrogen and oxygen atoms in total. The Balaban J connectivity index is 0.00000151. The Labute approximate surface area is 152 Å². The molecule has 0 aliphatic carbocycles. The van der Waals surface area contributed by atoms with Crippen LogP contribution in [0.1, 0.15) is 51.7 Å². The van der Waals surface area contributed by atoms with E-state index >= 15 is 0 Å². The lowest BCUT2D eigenvalue weighted by atomic mass is 9.97. The van der Waals surface area contributed by atoms with Crippen molar-refractivity contribution in [2.45, 2.75) is 53.6 Å². The number of pyridine rings is 1. The van der Waals surface area contributed by atoms with E-state index in [9.17, 15) is 4.79 Å². The van der Waals surface area contributed by atoms with Crippen LogP contribution in [-0.2, 0) is 13.1 Å². The van der Waals surface area contributed by atoms with Crippen molar-refractivity contribution < 1.29 is 4.79 Å². The first-order valence-electron chi connectivity index (χ1n) is 9.04. The van der Waals surface area contributed by atoms with Gasteiger partial charge in [0.25, 0.3) is 0 Å². The second-order valence-corrected chi connectivity index (χ2v) is 6.05. The van der Waals surface area contributed by atoms with E-state index in [1.165, 1.54) is 0 Å². The second-order valence-electron chi connectivity index (χ2n) is 6.05. The first kappa shape index (κ1) is 20.7. The lowest BCUT2D eigenvalue weighted by molar-refractivity contribution is 0.201. The molecule has 4 heteroatoms. The van der Waals surface area contributed by atoms with Gasteiger partial charge in [0, 0.05) is 31.2 Å². The number of fused-ring (bicyclic) bond motifs is 1. The Morgan fingerprint density at radius 2 is 2.00 bits per heavy atom. The van der Waals surface area contributed by atoms with Crippen LogP contribution in [-0.4, -0.2) is 15.9 Å². The highest BCUT2D eigenvalue weighted by Crippen LogP contribution is 2.21. The van der Waals surface area contributed by atoms with Crippen molar-refractivity contribution in [2.24, 2.45) is 5.92 Å². The summed E-state index contributed by atoms with van der Waals surface area (Å²) in [6.45, 7) is 17.5. The molecule has 0 radical (unpaired) electrons. The quantitative estimate of drug-likeness (QED) is 0.723. The SMILES string of the molecule is C=C(/C=C\C(=C)C(C)CCC)NC(=O)N1Cc2ccncc2C1.CC. The number of nitrogens with zero attached hydrogens (tertiary/aromatic N) is 2. The van der Waals surface area contributed by atoms with Gasteiger partial charge >= 0.3 is 6.03 Å². The summed E-state index contributed by atoms with van der Waals surface area (Å²) < 4.78 is 0. The van der Waals surface area contributed by atoms with Crippen LogP contribution in [0.25, 0.3) is 0 Å². The molecule has 2 rings (SSSR count). The summed E-state index contributed by atoms with van der Waals surface area (Å²) in [5.74, 6) is 0.445. The highest BCUT2D eigenvalue weighted by atomic mass is 16.2. The minimum Gasteiger partial charge on any atom is -0.316 e. The molecule has 1 aliphatic rings. The molecule has 2 heterocycles. The summed E-state index contributed by atoms with van der Waals surface area (Å²) in [7, 11) is 0. The molecule has 1 aromatic rings. The van der Waals surface area contributed by atoms with Crippen LogP contribution in [0.15, 0.2) is 55.0 Å². The van der Waals surface area contributed by atoms with Crippen molar-refractivity contribution >= 4 is 6.03 Å². The van der Waals surface area contributed by atoms with Gasteiger partial charge in [-0.05, 0) is 35.6 Å². The summed E-state index contributed by atoms with van der Waals surface area (Å²) >= 11 is 0. The standard InChI is InChI=1S/C19H25N3O.C2H6/c1-5-6-14(2)15(3)7-8-16(4)21-19(23)22-12-17-9-10-20-11-18(17)13-22;1-2/h7-11,14H,3-6,12-13H2,1-2H3,(H,21,23);1-2H3/b8-7-;. The van der Waals surface area contributed by atoms with Gasteiger partial charge in [-0.2, -0.15) is 0 Å². The summed E-state index contributed by atoms with van der Waals surface area (Å²) in [5, 5.41) is 2.83. The number of carbonyl (C=O) groups excluding carboxylic acids is 1. The van der Waals surface area contributed by atoms with Crippen LogP contribution < -0.4 is 5.32 Å². The molecule has 0 saturated heterocycles. The summed E-state index contributed by atoms with van der Waals surface area (Å²) in [5.41, 5.74) is 3.89. The van der Waals surface area contributed by atoms with Crippen LogP contribution in [0.4, 0.5) is 4.79 Å². The van der Waals surface area contributed by atoms with Crippen LogP contribution in [0.3, 0.4) is 0 Å². The zero-order valence-corrected chi connectivity index (χ0v) is 16.0. The maximum atomic E-state index is 12.3. The van der Waals surface area contributed by atoms with Gasteiger partial charge in [0.15, 0.2) is 0 Å². The first-order valence-corrected chi connectivity index (χ1v) is 9.04. The van der Waals surface area contributed by atoms with Crippen molar-refractivity contribution in [1.82, 2.24) is 15.2 Å². The predicted molar refractivity (Wildman–Crippen MR) is 105 cm³/mol. The number of nitrogens with one attached hydrogen (secondary N) is 1. The third-order valence-electron chi connectivity index (χ3n) is 4.13. The Kier molecular flexibility index (Phi) is 8.68. The van der Waals surface area contributed by atoms with Gasteiger partial charge in [0.2, 0.25) is 0 Å². The summed E-state index contributed by atoms with van der Waals surface area (Å²) in [6, 6.07) is 1.82. The van der Waals surface area contributed by atoms with Crippen molar-refractivity contribution in [1.29, 1.82) is 0 Å². The normalized spacial score (nSPS) is 13.7. The van der Waals surface area contributed by atoms with Crippen LogP contribution >= 0.6 is 0 Å². The van der Waals surface area contributed by atoms with Gasteiger partial charge in [-0.1, -0.05) is 58.9 Å². The second kappa shape index (κ2) is 10.5. The number of carbonyl (C=O) groups is 1. The molecular weight excluding hydrogens is 310 g/mol. The van der Waals surface area contributed by atoms with E-state index in [0.29, 0.717) is 24.7 Å². The molecule has 1 aliphatic heterocycles. The summed E-state index contributed by atoms with van der Waals surface area (Å²) in [4.78, 5) is 18.1. The minimum absolute atomic E-state index is 0.136. The van der Waals surface area contributed by atoms with Gasteiger partial charge in [0.1, 0.15) is 0 Å². The van der Waals surface area contributed by atoms with Gasteiger partial charge in [-0.3, -0.25) is 4.98 Å². The van der Waals surface area contributed by atoms with E-state index in [1.54, 1.807) is 11.1 Å². The molecule has 2 amide bonds. The number of hydrogen-bond acceptors (Lipinski definition) is 2. The first-order chi connectivity index (χ1) is 12.0. The fourth-order valence-electron chi connectivity index (χ4n) is 2.61. The van der Waals surface area contributed by atoms with E-state index in [2.05, 4.69) is 37.3 Å². The number of allylic oxidation sites excluding steroid dienone is 3. The average Bonchev–Trinajstić information content (AvgIpc) is 3.06. The monoisotopic (exact) mass is 341 g/mol. The van der Waals surface area contributed by atoms with Crippen molar-refractivity contribution in [2.75, 3.05) is 0 Å². The van der Waals surface area contributed by atoms with Crippen LogP contribution in [0, 0.1) is 5.92 Å². The third kappa shape index (κ3) is 6.22. The lowest BCUT2D eigenvalue weighted by Gasteiger charge is -2.16. The van der Waals surface area contributed by atoms with E-state index < -0.39 is 0 Å². The molecule has 0 fully saturated rings. The highest BCUT2D eigenvalue weighted by molar-refractivity contribution is 5.77. The Hall–Kier alpha value is -2.36. The van der Waals surface area contributed by atoms with Crippen molar-refractivity contribution in [3.8, 4) is 0 Å². The minimum atomic E-state index is -0.136. The van der Waals surface area contributed by atoms with Crippen molar-refractivity contribution in [3.05, 3.63) is 66.2 Å². The Morgan fingerprint density at radius 1 is 1.32 bits per heavy atom. The molecule has 136 valence electrons. The molecule has 1 atom stereocenters. The highest BCUT2D eigenvalue weighted by Gasteiger charge is 2.23. The Morgan fingerprint density at radius 3 is 2.64 bits per heavy atom. The molecule has 0 aromatic carbocycles. The fraction of sp³-hybridized carbons (Fsp3) is 0.429. The largest absolute Gasteiger partial charge is 0.322 e. The molecule has 25 heavy (non-hydrogen) atoms. The predicted octanol–water partition coefficient (Wildman–Crippen LogP) is 5.20. The van der Waals surface area contributed by atoms with E-state index in [0.717, 1.165) is 29.5 Å². The lowest BCUT2D eigenvalue weighted by Crippen LogP contribution is -2.35. The molecule has 0 spiro atoms. The van der Waals surface area contributed by atoms with E-state index in [4.69, 9.17) is 0 Å². The number of aromatic nitrogens is 1. The van der Waals surface area contributed by atoms with Gasteiger partial charge in [-0.15, -0.1) is 0 Å². The Bertz CT molecular complexity index is 609. The molecule has 0 saturated carbocycles.